The molecule has 2 rings (SSSR count). The van der Waals surface area contributed by atoms with E-state index in [1.807, 2.05) is 41.5 Å². The van der Waals surface area contributed by atoms with Crippen LogP contribution in [0.5, 0.6) is 0 Å². The Balaban J connectivity index is 2.28. The molecule has 1 aromatic rings. The van der Waals surface area contributed by atoms with Gasteiger partial charge in [0.1, 0.15) is 11.9 Å². The molecule has 1 unspecified atom stereocenters. The zero-order chi connectivity index (χ0) is 41.0. The highest BCUT2D eigenvalue weighted by molar-refractivity contribution is 6.35. The van der Waals surface area contributed by atoms with Crippen LogP contribution in [0.1, 0.15) is 73.3 Å². The number of methoxy groups -OCH3 is 3. The number of rotatable bonds is 21. The van der Waals surface area contributed by atoms with Crippen LogP contribution in [0.15, 0.2) is 12.1 Å². The number of nitrogens with zero attached hydrogens (tertiary/aromatic N) is 2. The van der Waals surface area contributed by atoms with Crippen molar-refractivity contribution in [3.8, 4) is 0 Å². The second-order valence-corrected chi connectivity index (χ2v) is 16.0. The van der Waals surface area contributed by atoms with E-state index in [9.17, 15) is 23.6 Å². The van der Waals surface area contributed by atoms with Crippen LogP contribution in [0.3, 0.4) is 0 Å². The van der Waals surface area contributed by atoms with E-state index in [4.69, 9.17) is 37.4 Å². The minimum Gasteiger partial charge on any atom is -0.380 e. The van der Waals surface area contributed by atoms with Gasteiger partial charge in [-0.3, -0.25) is 19.2 Å². The second-order valence-electron chi connectivity index (χ2n) is 15.1. The Bertz CT molecular complexity index is 1410. The van der Waals surface area contributed by atoms with Gasteiger partial charge in [0.05, 0.1) is 53.8 Å². The van der Waals surface area contributed by atoms with Gasteiger partial charge in [0.2, 0.25) is 23.6 Å². The van der Waals surface area contributed by atoms with Crippen LogP contribution >= 0.6 is 23.2 Å². The average Bonchev–Trinajstić information content (AvgIpc) is 3.56. The molecule has 1 saturated heterocycles. The van der Waals surface area contributed by atoms with Crippen molar-refractivity contribution in [2.24, 2.45) is 23.7 Å². The van der Waals surface area contributed by atoms with Crippen molar-refractivity contribution in [2.45, 2.75) is 117 Å². The van der Waals surface area contributed by atoms with Crippen molar-refractivity contribution in [3.63, 3.8) is 0 Å². The molecule has 4 amide bonds. The first-order valence-electron chi connectivity index (χ1n) is 18.9. The minimum absolute atomic E-state index is 0.0152. The van der Waals surface area contributed by atoms with Gasteiger partial charge in [-0.1, -0.05) is 78.1 Å². The maximum atomic E-state index is 14.3. The molecule has 1 heterocycles. The Labute approximate surface area is 331 Å². The van der Waals surface area contributed by atoms with Crippen molar-refractivity contribution in [3.05, 3.63) is 33.6 Å². The molecule has 0 radical (unpaired) electrons. The first kappa shape index (κ1) is 47.6. The summed E-state index contributed by atoms with van der Waals surface area (Å²) < 4.78 is 31.6. The highest BCUT2D eigenvalue weighted by Crippen LogP contribution is 2.31. The summed E-state index contributed by atoms with van der Waals surface area (Å²) in [5.41, 5.74) is 0.513. The average molecular weight is 805 g/mol. The summed E-state index contributed by atoms with van der Waals surface area (Å²) in [4.78, 5) is 58.4. The fourth-order valence-electron chi connectivity index (χ4n) is 7.44. The zero-order valence-electron chi connectivity index (χ0n) is 34.1. The van der Waals surface area contributed by atoms with Crippen LogP contribution in [0.25, 0.3) is 0 Å². The molecule has 0 saturated carbocycles. The van der Waals surface area contributed by atoms with E-state index in [0.717, 1.165) is 0 Å². The largest absolute Gasteiger partial charge is 0.380 e. The first-order valence-corrected chi connectivity index (χ1v) is 19.7. The maximum Gasteiger partial charge on any atom is 0.245 e. The molecule has 15 heteroatoms. The Kier molecular flexibility index (Phi) is 19.6. The molecule has 9 atom stereocenters. The Morgan fingerprint density at radius 3 is 2.11 bits per heavy atom. The molecule has 1 aliphatic heterocycles. The van der Waals surface area contributed by atoms with Crippen molar-refractivity contribution in [1.82, 2.24) is 25.8 Å². The summed E-state index contributed by atoms with van der Waals surface area (Å²) in [6, 6.07) is 0.348. The zero-order valence-corrected chi connectivity index (χ0v) is 35.6. The summed E-state index contributed by atoms with van der Waals surface area (Å²) in [6.45, 7) is 13.9. The van der Waals surface area contributed by atoms with E-state index in [1.54, 1.807) is 37.9 Å². The topological polar surface area (TPSA) is 139 Å². The Hall–Kier alpha value is -2.55. The fraction of sp³-hybridized carbons (Fsp3) is 0.744. The van der Waals surface area contributed by atoms with Gasteiger partial charge >= 0.3 is 0 Å². The number of benzene rings is 1. The third kappa shape index (κ3) is 12.2. The molecule has 12 nitrogen and oxygen atoms in total. The van der Waals surface area contributed by atoms with E-state index in [0.29, 0.717) is 23.4 Å². The van der Waals surface area contributed by atoms with E-state index in [-0.39, 0.29) is 78.4 Å². The summed E-state index contributed by atoms with van der Waals surface area (Å²) in [7, 11) is 8.04. The molecule has 1 aromatic carbocycles. The first-order chi connectivity index (χ1) is 25.4. The predicted octanol–water partition coefficient (Wildman–Crippen LogP) is 4.72. The fourth-order valence-corrected chi connectivity index (χ4v) is 7.91. The lowest BCUT2D eigenvalue weighted by molar-refractivity contribution is -0.147. The summed E-state index contributed by atoms with van der Waals surface area (Å²) in [6.07, 6.45) is -0.244. The van der Waals surface area contributed by atoms with Crippen molar-refractivity contribution in [2.75, 3.05) is 48.5 Å². The van der Waals surface area contributed by atoms with E-state index in [2.05, 4.69) is 16.0 Å². The van der Waals surface area contributed by atoms with Crippen molar-refractivity contribution in [1.29, 1.82) is 0 Å². The van der Waals surface area contributed by atoms with Crippen LogP contribution < -0.4 is 16.0 Å². The molecule has 1 aliphatic rings. The number of carbonyl (C=O) groups excluding carboxylic acids is 4. The van der Waals surface area contributed by atoms with Crippen LogP contribution in [0.4, 0.5) is 4.39 Å². The number of amides is 4. The van der Waals surface area contributed by atoms with Gasteiger partial charge in [-0.2, -0.15) is 0 Å². The third-order valence-electron chi connectivity index (χ3n) is 10.9. The van der Waals surface area contributed by atoms with Crippen LogP contribution in [0, 0.1) is 29.5 Å². The molecule has 0 aliphatic carbocycles. The molecular weight excluding hydrogens is 740 g/mol. The quantitative estimate of drug-likeness (QED) is 0.152. The molecule has 0 bridgehead atoms. The standard InChI is InChI=1S/C39H64Cl2FN5O7/c1-13-23(6)35(46(9)39(51)34(22(4)5)45-38(50)33(43-8)21(2)3)31(53-11)19-32(48)47-20-26(52-10)17-30(47)36(54-12)24(7)37(49)44-15-14-25-16-29(42)28(41)18-27(25)40/h16,18,21-24,26,30-31,33-36,43H,13-15,17,19-20H2,1-12H3,(H,44,49)(H,45,50)/t23-,24+,26+,30?,31+,33-,34-,35-,36+/m0/s1. The van der Waals surface area contributed by atoms with Gasteiger partial charge in [0, 0.05) is 46.5 Å². The highest BCUT2D eigenvalue weighted by Gasteiger charge is 2.45. The molecule has 3 N–H and O–H groups in total. The van der Waals surface area contributed by atoms with E-state index in [1.165, 1.54) is 26.4 Å². The number of carbonyl (C=O) groups is 4. The van der Waals surface area contributed by atoms with Crippen LogP contribution in [-0.2, 0) is 39.8 Å². The molecule has 0 spiro atoms. The van der Waals surface area contributed by atoms with Crippen LogP contribution in [-0.4, -0.2) is 124 Å². The van der Waals surface area contributed by atoms with Gasteiger partial charge in [-0.25, -0.2) is 4.39 Å². The number of ether oxygens (including phenoxy) is 3. The van der Waals surface area contributed by atoms with Gasteiger partial charge in [0.15, 0.2) is 0 Å². The highest BCUT2D eigenvalue weighted by atomic mass is 35.5. The van der Waals surface area contributed by atoms with Crippen molar-refractivity contribution >= 4 is 46.8 Å². The number of nitrogens with one attached hydrogen (secondary N) is 3. The molecular formula is C39H64Cl2FN5O7. The number of likely N-dealkylation sites (tertiary alicyclic amines) is 1. The van der Waals surface area contributed by atoms with Gasteiger partial charge < -0.3 is 40.0 Å². The SMILES string of the molecule is CC[C@H](C)[C@@H]([C@@H](CC(=O)N1C[C@H](OC)CC1[C@H](OC)[C@@H](C)C(=O)NCCc1cc(F)c(Cl)cc1Cl)OC)N(C)C(=O)[C@@H](NC(=O)[C@@H](NC)C(C)C)C(C)C. The maximum absolute atomic E-state index is 14.3. The van der Waals surface area contributed by atoms with Gasteiger partial charge in [-0.15, -0.1) is 0 Å². The monoisotopic (exact) mass is 803 g/mol. The summed E-state index contributed by atoms with van der Waals surface area (Å²) >= 11 is 12.0. The molecule has 308 valence electrons. The summed E-state index contributed by atoms with van der Waals surface area (Å²) in [5, 5.41) is 9.12. The normalized spacial score (nSPS) is 19.9. The number of likely N-dealkylation sites (N-methyl/N-ethyl adjacent to an activating group) is 2. The summed E-state index contributed by atoms with van der Waals surface area (Å²) in [5.74, 6) is -2.54. The molecule has 1 fully saturated rings. The lowest BCUT2D eigenvalue weighted by atomic mass is 9.89. The van der Waals surface area contributed by atoms with Gasteiger partial charge in [-0.05, 0) is 55.3 Å². The lowest BCUT2D eigenvalue weighted by Crippen LogP contribution is -2.59. The number of hydrogen-bond donors (Lipinski definition) is 3. The van der Waals surface area contributed by atoms with Crippen LogP contribution in [0.2, 0.25) is 10.0 Å². The number of halogens is 3. The smallest absolute Gasteiger partial charge is 0.245 e. The van der Waals surface area contributed by atoms with Crippen molar-refractivity contribution < 1.29 is 37.8 Å². The van der Waals surface area contributed by atoms with E-state index >= 15 is 0 Å². The number of hydrogen-bond acceptors (Lipinski definition) is 8. The molecule has 0 aromatic heterocycles. The Morgan fingerprint density at radius 1 is 0.963 bits per heavy atom. The predicted molar refractivity (Wildman–Crippen MR) is 210 cm³/mol. The van der Waals surface area contributed by atoms with E-state index < -0.39 is 48.1 Å². The third-order valence-corrected chi connectivity index (χ3v) is 11.5. The Morgan fingerprint density at radius 2 is 1.59 bits per heavy atom. The lowest BCUT2D eigenvalue weighted by Gasteiger charge is -2.41. The van der Waals surface area contributed by atoms with Gasteiger partial charge in [0.25, 0.3) is 0 Å². The molecule has 54 heavy (non-hydrogen) atoms. The minimum atomic E-state index is -0.790. The second kappa shape index (κ2) is 22.3.